The van der Waals surface area contributed by atoms with Gasteiger partial charge in [-0.2, -0.15) is 0 Å². The van der Waals surface area contributed by atoms with Gasteiger partial charge in [-0.05, 0) is 19.9 Å². The third-order valence-electron chi connectivity index (χ3n) is 1.79. The summed E-state index contributed by atoms with van der Waals surface area (Å²) in [5.74, 6) is 0. The van der Waals surface area contributed by atoms with E-state index >= 15 is 0 Å². The summed E-state index contributed by atoms with van der Waals surface area (Å²) in [5, 5.41) is 12.2. The van der Waals surface area contributed by atoms with Gasteiger partial charge in [0.2, 0.25) is 0 Å². The highest BCUT2D eigenvalue weighted by Crippen LogP contribution is 2.01. The Balaban J connectivity index is 2.44. The van der Waals surface area contributed by atoms with Gasteiger partial charge in [0, 0.05) is 18.3 Å². The summed E-state index contributed by atoms with van der Waals surface area (Å²) in [6.45, 7) is 4.64. The van der Waals surface area contributed by atoms with E-state index < -0.39 is 0 Å². The molecular formula is C9H15N3O. The maximum Gasteiger partial charge on any atom is 0.115 e. The molecule has 0 fully saturated rings. The second-order valence-electron chi connectivity index (χ2n) is 3.60. The predicted octanol–water partition coefficient (Wildman–Crippen LogP) is 0.337. The summed E-state index contributed by atoms with van der Waals surface area (Å²) >= 11 is 0. The molecule has 0 aliphatic heterocycles. The maximum absolute atomic E-state index is 8.98. The SMILES string of the molecule is CC(C)(CO)NCc1ccncn1. The minimum atomic E-state index is -0.259. The van der Waals surface area contributed by atoms with Crippen molar-refractivity contribution in [3.63, 3.8) is 0 Å². The lowest BCUT2D eigenvalue weighted by Gasteiger charge is -2.23. The summed E-state index contributed by atoms with van der Waals surface area (Å²) < 4.78 is 0. The number of aliphatic hydroxyl groups is 1. The third-order valence-corrected chi connectivity index (χ3v) is 1.79. The second-order valence-corrected chi connectivity index (χ2v) is 3.60. The Hall–Kier alpha value is -1.00. The number of aromatic nitrogens is 2. The first-order valence-electron chi connectivity index (χ1n) is 4.25. The van der Waals surface area contributed by atoms with Crippen LogP contribution in [-0.2, 0) is 6.54 Å². The molecule has 1 heterocycles. The van der Waals surface area contributed by atoms with Crippen molar-refractivity contribution >= 4 is 0 Å². The van der Waals surface area contributed by atoms with Crippen LogP contribution < -0.4 is 5.32 Å². The zero-order chi connectivity index (χ0) is 9.73. The molecule has 0 saturated carbocycles. The first-order chi connectivity index (χ1) is 6.14. The highest BCUT2D eigenvalue weighted by molar-refractivity contribution is 4.98. The molecule has 4 heteroatoms. The molecule has 0 spiro atoms. The molecule has 4 nitrogen and oxygen atoms in total. The quantitative estimate of drug-likeness (QED) is 0.703. The molecule has 0 saturated heterocycles. The van der Waals surface area contributed by atoms with Crippen LogP contribution in [0.2, 0.25) is 0 Å². The molecular weight excluding hydrogens is 166 g/mol. The van der Waals surface area contributed by atoms with Gasteiger partial charge in [0.25, 0.3) is 0 Å². The molecule has 1 rings (SSSR count). The van der Waals surface area contributed by atoms with Crippen LogP contribution >= 0.6 is 0 Å². The van der Waals surface area contributed by atoms with Crippen molar-refractivity contribution in [3.8, 4) is 0 Å². The van der Waals surface area contributed by atoms with Gasteiger partial charge in [-0.15, -0.1) is 0 Å². The summed E-state index contributed by atoms with van der Waals surface area (Å²) in [4.78, 5) is 7.88. The Bertz CT molecular complexity index is 248. The van der Waals surface area contributed by atoms with Crippen LogP contribution in [0, 0.1) is 0 Å². The monoisotopic (exact) mass is 181 g/mol. The average Bonchev–Trinajstić information content (AvgIpc) is 2.17. The van der Waals surface area contributed by atoms with E-state index in [1.165, 1.54) is 6.33 Å². The topological polar surface area (TPSA) is 58.0 Å². The summed E-state index contributed by atoms with van der Waals surface area (Å²) in [6, 6.07) is 1.85. The van der Waals surface area contributed by atoms with Crippen LogP contribution in [-0.4, -0.2) is 27.2 Å². The van der Waals surface area contributed by atoms with Crippen LogP contribution in [0.5, 0.6) is 0 Å². The minimum Gasteiger partial charge on any atom is -0.394 e. The molecule has 0 radical (unpaired) electrons. The van der Waals surface area contributed by atoms with Crippen molar-refractivity contribution in [2.75, 3.05) is 6.61 Å². The van der Waals surface area contributed by atoms with Crippen LogP contribution in [0.3, 0.4) is 0 Å². The fraction of sp³-hybridized carbons (Fsp3) is 0.556. The molecule has 0 aliphatic rings. The number of aliphatic hydroxyl groups excluding tert-OH is 1. The average molecular weight is 181 g/mol. The summed E-state index contributed by atoms with van der Waals surface area (Å²) in [5.41, 5.74) is 0.668. The van der Waals surface area contributed by atoms with E-state index in [1.54, 1.807) is 6.20 Å². The van der Waals surface area contributed by atoms with Crippen LogP contribution in [0.25, 0.3) is 0 Å². The van der Waals surface area contributed by atoms with Gasteiger partial charge >= 0.3 is 0 Å². The number of hydrogen-bond donors (Lipinski definition) is 2. The first-order valence-corrected chi connectivity index (χ1v) is 4.25. The largest absolute Gasteiger partial charge is 0.394 e. The van der Waals surface area contributed by atoms with Gasteiger partial charge in [0.05, 0.1) is 12.3 Å². The highest BCUT2D eigenvalue weighted by atomic mass is 16.3. The van der Waals surface area contributed by atoms with E-state index in [4.69, 9.17) is 5.11 Å². The van der Waals surface area contributed by atoms with E-state index in [0.717, 1.165) is 5.69 Å². The molecule has 72 valence electrons. The Morgan fingerprint density at radius 2 is 2.31 bits per heavy atom. The van der Waals surface area contributed by atoms with E-state index in [0.29, 0.717) is 6.54 Å². The zero-order valence-electron chi connectivity index (χ0n) is 7.99. The van der Waals surface area contributed by atoms with E-state index in [2.05, 4.69) is 15.3 Å². The van der Waals surface area contributed by atoms with E-state index in [1.807, 2.05) is 19.9 Å². The highest BCUT2D eigenvalue weighted by Gasteiger charge is 2.14. The minimum absolute atomic E-state index is 0.109. The smallest absolute Gasteiger partial charge is 0.115 e. The van der Waals surface area contributed by atoms with Gasteiger partial charge < -0.3 is 10.4 Å². The zero-order valence-corrected chi connectivity index (χ0v) is 7.99. The molecule has 0 aliphatic carbocycles. The summed E-state index contributed by atoms with van der Waals surface area (Å²) in [7, 11) is 0. The van der Waals surface area contributed by atoms with Crippen LogP contribution in [0.1, 0.15) is 19.5 Å². The Labute approximate surface area is 78.0 Å². The molecule has 0 bridgehead atoms. The van der Waals surface area contributed by atoms with Gasteiger partial charge in [0.15, 0.2) is 0 Å². The van der Waals surface area contributed by atoms with Crippen molar-refractivity contribution in [3.05, 3.63) is 24.3 Å². The van der Waals surface area contributed by atoms with Crippen molar-refractivity contribution < 1.29 is 5.11 Å². The van der Waals surface area contributed by atoms with Crippen molar-refractivity contribution in [1.29, 1.82) is 0 Å². The van der Waals surface area contributed by atoms with Gasteiger partial charge in [-0.25, -0.2) is 9.97 Å². The number of nitrogens with one attached hydrogen (secondary N) is 1. The van der Waals surface area contributed by atoms with Gasteiger partial charge in [-0.1, -0.05) is 0 Å². The number of nitrogens with zero attached hydrogens (tertiary/aromatic N) is 2. The molecule has 13 heavy (non-hydrogen) atoms. The molecule has 0 atom stereocenters. The predicted molar refractivity (Wildman–Crippen MR) is 50.0 cm³/mol. The Morgan fingerprint density at radius 1 is 1.54 bits per heavy atom. The third kappa shape index (κ3) is 3.48. The fourth-order valence-electron chi connectivity index (χ4n) is 0.808. The molecule has 1 aromatic heterocycles. The van der Waals surface area contributed by atoms with E-state index in [-0.39, 0.29) is 12.1 Å². The van der Waals surface area contributed by atoms with Gasteiger partial charge in [-0.3, -0.25) is 0 Å². The normalized spacial score (nSPS) is 11.6. The number of rotatable bonds is 4. The Kier molecular flexibility index (Phi) is 3.33. The van der Waals surface area contributed by atoms with Crippen LogP contribution in [0.15, 0.2) is 18.6 Å². The standard InChI is InChI=1S/C9H15N3O/c1-9(2,6-13)12-5-8-3-4-10-7-11-8/h3-4,7,12-13H,5-6H2,1-2H3. The molecule has 1 aromatic rings. The van der Waals surface area contributed by atoms with Crippen LogP contribution in [0.4, 0.5) is 0 Å². The molecule has 0 unspecified atom stereocenters. The lowest BCUT2D eigenvalue weighted by atomic mass is 10.1. The Morgan fingerprint density at radius 3 is 2.85 bits per heavy atom. The first kappa shape index (κ1) is 10.1. The molecule has 2 N–H and O–H groups in total. The lowest BCUT2D eigenvalue weighted by Crippen LogP contribution is -2.42. The second kappa shape index (κ2) is 4.30. The van der Waals surface area contributed by atoms with Crippen molar-refractivity contribution in [2.24, 2.45) is 0 Å². The number of hydrogen-bond acceptors (Lipinski definition) is 4. The van der Waals surface area contributed by atoms with Crippen molar-refractivity contribution in [2.45, 2.75) is 25.9 Å². The lowest BCUT2D eigenvalue weighted by molar-refractivity contribution is 0.187. The molecule has 0 amide bonds. The maximum atomic E-state index is 8.98. The van der Waals surface area contributed by atoms with Crippen molar-refractivity contribution in [1.82, 2.24) is 15.3 Å². The summed E-state index contributed by atoms with van der Waals surface area (Å²) in [6.07, 6.45) is 3.22. The molecule has 0 aromatic carbocycles. The van der Waals surface area contributed by atoms with E-state index in [9.17, 15) is 0 Å². The fourth-order valence-corrected chi connectivity index (χ4v) is 0.808. The van der Waals surface area contributed by atoms with Gasteiger partial charge in [0.1, 0.15) is 6.33 Å².